The van der Waals surface area contributed by atoms with Gasteiger partial charge in [-0.2, -0.15) is 0 Å². The van der Waals surface area contributed by atoms with Gasteiger partial charge in [-0.1, -0.05) is 19.1 Å². The summed E-state index contributed by atoms with van der Waals surface area (Å²) < 4.78 is 5.37. The van der Waals surface area contributed by atoms with E-state index in [0.717, 1.165) is 21.1 Å². The van der Waals surface area contributed by atoms with E-state index in [0.29, 0.717) is 22.5 Å². The molecule has 170 valence electrons. The van der Waals surface area contributed by atoms with Gasteiger partial charge in [-0.25, -0.2) is 4.79 Å². The number of thioether (sulfide) groups is 1. The summed E-state index contributed by atoms with van der Waals surface area (Å²) in [6, 6.07) is 7.55. The number of hydrogen-bond donors (Lipinski definition) is 2. The molecule has 0 aliphatic carbocycles. The second-order valence-electron chi connectivity index (χ2n) is 8.53. The Hall–Kier alpha value is -1.54. The number of rotatable bonds is 6. The average molecular weight is 483 g/mol. The maximum absolute atomic E-state index is 13.2. The molecule has 1 aliphatic rings. The third-order valence-corrected chi connectivity index (χ3v) is 7.41. The highest BCUT2D eigenvalue weighted by atomic mass is 35.5. The van der Waals surface area contributed by atoms with Gasteiger partial charge in [-0.05, 0) is 64.5 Å². The van der Waals surface area contributed by atoms with Crippen molar-refractivity contribution in [2.24, 2.45) is 0 Å². The molecular weight excluding hydrogens is 452 g/mol. The number of carbonyl (C=O) groups is 2. The molecule has 1 amide bonds. The molecule has 2 heterocycles. The number of carbonyl (C=O) groups excluding carboxylic acids is 2. The molecule has 2 aromatic rings. The Morgan fingerprint density at radius 3 is 2.52 bits per heavy atom. The van der Waals surface area contributed by atoms with Crippen LogP contribution in [0, 0.1) is 0 Å². The largest absolute Gasteiger partial charge is 0.462 e. The van der Waals surface area contributed by atoms with Crippen LogP contribution in [0.3, 0.4) is 0 Å². The van der Waals surface area contributed by atoms with E-state index in [-0.39, 0.29) is 42.0 Å². The average Bonchev–Trinajstić information content (AvgIpc) is 2.99. The lowest BCUT2D eigenvalue weighted by Crippen LogP contribution is -2.55. The first-order chi connectivity index (χ1) is 14.1. The molecule has 31 heavy (non-hydrogen) atoms. The zero-order valence-electron chi connectivity index (χ0n) is 18.9. The van der Waals surface area contributed by atoms with Crippen LogP contribution in [-0.4, -0.2) is 29.8 Å². The topological polar surface area (TPSA) is 67.4 Å². The van der Waals surface area contributed by atoms with E-state index in [2.05, 4.69) is 45.3 Å². The van der Waals surface area contributed by atoms with Crippen molar-refractivity contribution in [3.8, 4) is 0 Å². The first-order valence-corrected chi connectivity index (χ1v) is 12.1. The molecule has 2 N–H and O–H groups in total. The normalized spacial score (nSPS) is 16.1. The molecule has 1 aromatic heterocycles. The number of ether oxygens (including phenoxy) is 1. The van der Waals surface area contributed by atoms with Gasteiger partial charge in [0.15, 0.2) is 0 Å². The molecule has 0 saturated carbocycles. The van der Waals surface area contributed by atoms with Gasteiger partial charge >= 0.3 is 5.97 Å². The molecule has 0 fully saturated rings. The highest BCUT2D eigenvalue weighted by Crippen LogP contribution is 2.45. The summed E-state index contributed by atoms with van der Waals surface area (Å²) in [6.07, 6.45) is 0.689. The molecule has 0 atom stereocenters. The Morgan fingerprint density at radius 1 is 1.19 bits per heavy atom. The van der Waals surface area contributed by atoms with E-state index in [9.17, 15) is 9.59 Å². The zero-order valence-corrected chi connectivity index (χ0v) is 21.3. The maximum atomic E-state index is 13.2. The van der Waals surface area contributed by atoms with Gasteiger partial charge in [0.1, 0.15) is 5.00 Å². The second kappa shape index (κ2) is 9.94. The van der Waals surface area contributed by atoms with Gasteiger partial charge in [0, 0.05) is 20.9 Å². The molecular formula is C23H31ClN2O3S2. The van der Waals surface area contributed by atoms with E-state index in [1.54, 1.807) is 18.7 Å². The molecule has 1 aromatic carbocycles. The maximum Gasteiger partial charge on any atom is 0.341 e. The highest BCUT2D eigenvalue weighted by Gasteiger charge is 2.42. The minimum Gasteiger partial charge on any atom is -0.462 e. The van der Waals surface area contributed by atoms with Crippen LogP contribution in [0.25, 0.3) is 0 Å². The van der Waals surface area contributed by atoms with Crippen LogP contribution >= 0.6 is 35.5 Å². The molecule has 0 spiro atoms. The van der Waals surface area contributed by atoms with Crippen LogP contribution in [0.2, 0.25) is 0 Å². The van der Waals surface area contributed by atoms with Crippen molar-refractivity contribution < 1.29 is 14.3 Å². The predicted molar refractivity (Wildman–Crippen MR) is 132 cm³/mol. The van der Waals surface area contributed by atoms with Gasteiger partial charge in [0.05, 0.1) is 17.7 Å². The third kappa shape index (κ3) is 5.45. The van der Waals surface area contributed by atoms with Crippen LogP contribution in [-0.2, 0) is 16.7 Å². The summed E-state index contributed by atoms with van der Waals surface area (Å²) in [4.78, 5) is 28.1. The number of fused-ring (bicyclic) bond motifs is 1. The Balaban J connectivity index is 0.00000341. The van der Waals surface area contributed by atoms with E-state index >= 15 is 0 Å². The van der Waals surface area contributed by atoms with Crippen molar-refractivity contribution in [2.45, 2.75) is 63.9 Å². The van der Waals surface area contributed by atoms with E-state index in [4.69, 9.17) is 4.74 Å². The van der Waals surface area contributed by atoms with Gasteiger partial charge < -0.3 is 15.4 Å². The number of nitrogens with one attached hydrogen (secondary N) is 2. The quantitative estimate of drug-likeness (QED) is 0.398. The number of halogens is 1. The van der Waals surface area contributed by atoms with Crippen LogP contribution in [0.1, 0.15) is 72.7 Å². The first kappa shape index (κ1) is 25.7. The number of esters is 1. The summed E-state index contributed by atoms with van der Waals surface area (Å²) in [6.45, 7) is 12.6. The molecule has 1 aliphatic heterocycles. The van der Waals surface area contributed by atoms with Gasteiger partial charge in [-0.3, -0.25) is 4.79 Å². The van der Waals surface area contributed by atoms with Crippen LogP contribution < -0.4 is 10.6 Å². The van der Waals surface area contributed by atoms with E-state index in [1.165, 1.54) is 11.3 Å². The SMILES string of the molecule is CCOC(=O)c1c(NC(=O)c2ccccc2SCC)sc2c1CC(C)(C)NC2(C)C.Cl. The van der Waals surface area contributed by atoms with Crippen molar-refractivity contribution in [3.63, 3.8) is 0 Å². The smallest absolute Gasteiger partial charge is 0.341 e. The number of hydrogen-bond acceptors (Lipinski definition) is 6. The Labute approximate surface area is 199 Å². The molecule has 5 nitrogen and oxygen atoms in total. The first-order valence-electron chi connectivity index (χ1n) is 10.3. The van der Waals surface area contributed by atoms with Crippen LogP contribution in [0.5, 0.6) is 0 Å². The van der Waals surface area contributed by atoms with Gasteiger partial charge in [0.2, 0.25) is 0 Å². The summed E-state index contributed by atoms with van der Waals surface area (Å²) >= 11 is 3.09. The van der Waals surface area contributed by atoms with Crippen molar-refractivity contribution >= 4 is 52.4 Å². The number of amides is 1. The zero-order chi connectivity index (χ0) is 22.1. The molecule has 0 bridgehead atoms. The lowest BCUT2D eigenvalue weighted by Gasteiger charge is -2.42. The summed E-state index contributed by atoms with van der Waals surface area (Å²) in [5, 5.41) is 7.24. The monoisotopic (exact) mass is 482 g/mol. The minimum atomic E-state index is -0.380. The predicted octanol–water partition coefficient (Wildman–Crippen LogP) is 5.87. The van der Waals surface area contributed by atoms with E-state index in [1.807, 2.05) is 24.3 Å². The van der Waals surface area contributed by atoms with Crippen molar-refractivity contribution in [1.82, 2.24) is 5.32 Å². The van der Waals surface area contributed by atoms with Crippen LogP contribution in [0.4, 0.5) is 5.00 Å². The summed E-state index contributed by atoms with van der Waals surface area (Å²) in [5.74, 6) is 0.288. The van der Waals surface area contributed by atoms with Crippen molar-refractivity contribution in [3.05, 3.63) is 45.8 Å². The van der Waals surface area contributed by atoms with E-state index < -0.39 is 0 Å². The molecule has 0 radical (unpaired) electrons. The Morgan fingerprint density at radius 2 is 1.87 bits per heavy atom. The van der Waals surface area contributed by atoms with Crippen LogP contribution in [0.15, 0.2) is 29.2 Å². The highest BCUT2D eigenvalue weighted by molar-refractivity contribution is 7.99. The Kier molecular flexibility index (Phi) is 8.25. The fraction of sp³-hybridized carbons (Fsp3) is 0.478. The van der Waals surface area contributed by atoms with Gasteiger partial charge in [0.25, 0.3) is 5.91 Å². The fourth-order valence-corrected chi connectivity index (χ4v) is 6.20. The minimum absolute atomic E-state index is 0. The number of thiophene rings is 1. The summed E-state index contributed by atoms with van der Waals surface area (Å²) in [7, 11) is 0. The van der Waals surface area contributed by atoms with Gasteiger partial charge in [-0.15, -0.1) is 35.5 Å². The number of anilines is 1. The second-order valence-corrected chi connectivity index (χ2v) is 10.9. The number of benzene rings is 1. The molecule has 0 unspecified atom stereocenters. The molecule has 3 rings (SSSR count). The van der Waals surface area contributed by atoms with Crippen molar-refractivity contribution in [1.29, 1.82) is 0 Å². The lowest BCUT2D eigenvalue weighted by molar-refractivity contribution is 0.0526. The molecule has 0 saturated heterocycles. The lowest BCUT2D eigenvalue weighted by atomic mass is 9.81. The summed E-state index contributed by atoms with van der Waals surface area (Å²) in [5.41, 5.74) is 1.59. The molecule has 8 heteroatoms. The Bertz CT molecular complexity index is 970. The fourth-order valence-electron chi connectivity index (χ4n) is 4.14. The van der Waals surface area contributed by atoms with Crippen molar-refractivity contribution in [2.75, 3.05) is 17.7 Å². The third-order valence-electron chi connectivity index (χ3n) is 4.98. The standard InChI is InChI=1S/C23H30N2O3S2.ClH/c1-7-28-21(27)17-15-13-22(3,4)25-23(5,6)18(15)30-20(17)24-19(26)14-11-9-10-12-16(14)29-8-2;/h9-12,25H,7-8,13H2,1-6H3,(H,24,26);1H.